The first-order chi connectivity index (χ1) is 17.9. The largest absolute Gasteiger partial charge is 0.480 e. The number of aromatic nitrogens is 5. The normalized spacial score (nSPS) is 25.5. The Kier molecular flexibility index (Phi) is 6.16. The van der Waals surface area contributed by atoms with Gasteiger partial charge in [0.05, 0.1) is 24.6 Å². The SMILES string of the molecule is COc1cc(N2C[C@H]3CC[C@@H](C2)[C@H]3Nc2nc3n(n2)CCCCC3c2cccc(C(F)(F)F)c2)cnn1. The van der Waals surface area contributed by atoms with E-state index in [4.69, 9.17) is 14.8 Å². The molecular weight excluding hydrogens is 483 g/mol. The smallest absolute Gasteiger partial charge is 0.416 e. The Morgan fingerprint density at radius 2 is 1.86 bits per heavy atom. The van der Waals surface area contributed by atoms with Crippen LogP contribution in [0.2, 0.25) is 0 Å². The van der Waals surface area contributed by atoms with Gasteiger partial charge in [0, 0.05) is 37.7 Å². The van der Waals surface area contributed by atoms with Gasteiger partial charge in [0.15, 0.2) is 0 Å². The monoisotopic (exact) mass is 513 g/mol. The van der Waals surface area contributed by atoms with E-state index >= 15 is 0 Å². The van der Waals surface area contributed by atoms with E-state index in [9.17, 15) is 13.2 Å². The van der Waals surface area contributed by atoms with Crippen LogP contribution in [0.4, 0.5) is 24.8 Å². The number of anilines is 2. The first-order valence-electron chi connectivity index (χ1n) is 12.9. The molecule has 196 valence electrons. The summed E-state index contributed by atoms with van der Waals surface area (Å²) in [7, 11) is 1.59. The number of fused-ring (bicyclic) bond motifs is 3. The molecule has 0 spiro atoms. The van der Waals surface area contributed by atoms with Crippen LogP contribution < -0.4 is 15.0 Å². The van der Waals surface area contributed by atoms with Gasteiger partial charge in [-0.1, -0.05) is 24.6 Å². The summed E-state index contributed by atoms with van der Waals surface area (Å²) in [6.07, 6.45) is 2.25. The topological polar surface area (TPSA) is 81.0 Å². The first-order valence-corrected chi connectivity index (χ1v) is 12.9. The summed E-state index contributed by atoms with van der Waals surface area (Å²) in [5.41, 5.74) is 1.04. The number of ether oxygens (including phenoxy) is 1. The lowest BCUT2D eigenvalue weighted by atomic mass is 9.92. The lowest BCUT2D eigenvalue weighted by Crippen LogP contribution is -2.48. The number of nitrogens with one attached hydrogen (secondary N) is 1. The molecule has 4 atom stereocenters. The Bertz CT molecular complexity index is 1250. The molecule has 2 aliphatic heterocycles. The Morgan fingerprint density at radius 3 is 2.62 bits per heavy atom. The van der Waals surface area contributed by atoms with Gasteiger partial charge >= 0.3 is 6.18 Å². The maximum absolute atomic E-state index is 13.4. The molecule has 3 aromatic rings. The van der Waals surface area contributed by atoms with Crippen molar-refractivity contribution in [2.45, 2.75) is 56.8 Å². The Labute approximate surface area is 213 Å². The molecule has 1 unspecified atom stereocenters. The molecule has 11 heteroatoms. The van der Waals surface area contributed by atoms with E-state index in [1.54, 1.807) is 19.4 Å². The second-order valence-corrected chi connectivity index (χ2v) is 10.3. The molecule has 1 saturated heterocycles. The molecular formula is C26H30F3N7O. The van der Waals surface area contributed by atoms with Crippen LogP contribution in [0.5, 0.6) is 5.88 Å². The molecule has 1 N–H and O–H groups in total. The van der Waals surface area contributed by atoms with Crippen LogP contribution in [0.15, 0.2) is 36.5 Å². The van der Waals surface area contributed by atoms with Crippen LogP contribution in [0.25, 0.3) is 0 Å². The number of halogens is 3. The number of aryl methyl sites for hydroxylation is 1. The van der Waals surface area contributed by atoms with E-state index in [0.29, 0.717) is 29.2 Å². The molecule has 8 nitrogen and oxygen atoms in total. The predicted octanol–water partition coefficient (Wildman–Crippen LogP) is 4.74. The zero-order valence-electron chi connectivity index (χ0n) is 20.7. The highest BCUT2D eigenvalue weighted by Gasteiger charge is 2.43. The van der Waals surface area contributed by atoms with Crippen LogP contribution in [0, 0.1) is 11.8 Å². The fourth-order valence-electron chi connectivity index (χ4n) is 6.25. The van der Waals surface area contributed by atoms with Gasteiger partial charge in [0.1, 0.15) is 5.82 Å². The molecule has 2 aromatic heterocycles. The van der Waals surface area contributed by atoms with Crippen molar-refractivity contribution in [1.29, 1.82) is 0 Å². The second-order valence-electron chi connectivity index (χ2n) is 10.3. The molecule has 4 heterocycles. The minimum atomic E-state index is -4.37. The summed E-state index contributed by atoms with van der Waals surface area (Å²) >= 11 is 0. The third-order valence-electron chi connectivity index (χ3n) is 8.06. The standard InChI is InChI=1S/C26H30F3N7O/c1-37-22-12-20(13-30-33-22)35-14-17-8-9-18(15-35)23(17)31-25-32-24-21(7-2-3-10-36(24)34-25)16-5-4-6-19(11-16)26(27,28)29/h4-6,11-13,17-18,21,23H,2-3,7-10,14-15H2,1H3,(H,31,34)/t17-,18+,21?,23+. The fourth-order valence-corrected chi connectivity index (χ4v) is 6.25. The van der Waals surface area contributed by atoms with Gasteiger partial charge in [-0.05, 0) is 49.1 Å². The number of benzene rings is 1. The van der Waals surface area contributed by atoms with Gasteiger partial charge in [-0.2, -0.15) is 23.3 Å². The van der Waals surface area contributed by atoms with E-state index in [1.807, 2.05) is 10.7 Å². The third-order valence-corrected chi connectivity index (χ3v) is 8.06. The van der Waals surface area contributed by atoms with Gasteiger partial charge in [-0.3, -0.25) is 0 Å². The highest BCUT2D eigenvalue weighted by molar-refractivity contribution is 5.48. The van der Waals surface area contributed by atoms with Crippen molar-refractivity contribution in [3.63, 3.8) is 0 Å². The minimum absolute atomic E-state index is 0.208. The Hall–Kier alpha value is -3.37. The fraction of sp³-hybridized carbons (Fsp3) is 0.538. The zero-order chi connectivity index (χ0) is 25.6. The molecule has 1 aliphatic carbocycles. The number of methoxy groups -OCH3 is 1. The van der Waals surface area contributed by atoms with Crippen molar-refractivity contribution < 1.29 is 17.9 Å². The van der Waals surface area contributed by atoms with E-state index in [1.165, 1.54) is 12.1 Å². The number of rotatable bonds is 5. The number of alkyl halides is 3. The highest BCUT2D eigenvalue weighted by atomic mass is 19.4. The number of hydrogen-bond acceptors (Lipinski definition) is 7. The zero-order valence-corrected chi connectivity index (χ0v) is 20.7. The van der Waals surface area contributed by atoms with Crippen LogP contribution in [-0.2, 0) is 12.7 Å². The lowest BCUT2D eigenvalue weighted by molar-refractivity contribution is -0.137. The molecule has 0 radical (unpaired) electrons. The van der Waals surface area contributed by atoms with Gasteiger partial charge < -0.3 is 15.0 Å². The van der Waals surface area contributed by atoms with Gasteiger partial charge in [0.25, 0.3) is 0 Å². The average Bonchev–Trinajstić information content (AvgIpc) is 3.30. The molecule has 1 aromatic carbocycles. The summed E-state index contributed by atoms with van der Waals surface area (Å²) in [6, 6.07) is 7.83. The molecule has 1 saturated carbocycles. The summed E-state index contributed by atoms with van der Waals surface area (Å²) < 4.78 is 47.2. The maximum atomic E-state index is 13.4. The quantitative estimate of drug-likeness (QED) is 0.528. The van der Waals surface area contributed by atoms with E-state index in [-0.39, 0.29) is 12.0 Å². The molecule has 0 amide bonds. The summed E-state index contributed by atoms with van der Waals surface area (Å²) in [4.78, 5) is 7.21. The second kappa shape index (κ2) is 9.50. The Balaban J connectivity index is 1.21. The summed E-state index contributed by atoms with van der Waals surface area (Å²) in [5, 5.41) is 16.4. The summed E-state index contributed by atoms with van der Waals surface area (Å²) in [5.74, 6) is 2.49. The van der Waals surface area contributed by atoms with Gasteiger partial charge in [0.2, 0.25) is 11.8 Å². The number of piperidine rings is 1. The highest BCUT2D eigenvalue weighted by Crippen LogP contribution is 2.41. The predicted molar refractivity (Wildman–Crippen MR) is 132 cm³/mol. The first kappa shape index (κ1) is 24.0. The van der Waals surface area contributed by atoms with Crippen molar-refractivity contribution in [2.75, 3.05) is 30.4 Å². The molecule has 2 bridgehead atoms. The van der Waals surface area contributed by atoms with Crippen LogP contribution in [-0.4, -0.2) is 51.2 Å². The third kappa shape index (κ3) is 4.71. The number of nitrogens with zero attached hydrogens (tertiary/aromatic N) is 6. The molecule has 2 fully saturated rings. The molecule has 37 heavy (non-hydrogen) atoms. The van der Waals surface area contributed by atoms with Crippen molar-refractivity contribution in [3.05, 3.63) is 53.5 Å². The molecule has 3 aliphatic rings. The average molecular weight is 514 g/mol. The van der Waals surface area contributed by atoms with Crippen LogP contribution in [0.3, 0.4) is 0 Å². The minimum Gasteiger partial charge on any atom is -0.480 e. The lowest BCUT2D eigenvalue weighted by Gasteiger charge is -2.39. The van der Waals surface area contributed by atoms with E-state index in [2.05, 4.69) is 20.4 Å². The van der Waals surface area contributed by atoms with Crippen molar-refractivity contribution in [1.82, 2.24) is 25.0 Å². The van der Waals surface area contributed by atoms with E-state index in [0.717, 1.165) is 69.3 Å². The van der Waals surface area contributed by atoms with Gasteiger partial charge in [-0.15, -0.1) is 10.2 Å². The van der Waals surface area contributed by atoms with Crippen molar-refractivity contribution in [2.24, 2.45) is 11.8 Å². The number of hydrogen-bond donors (Lipinski definition) is 1. The van der Waals surface area contributed by atoms with Crippen LogP contribution >= 0.6 is 0 Å². The van der Waals surface area contributed by atoms with E-state index < -0.39 is 11.7 Å². The van der Waals surface area contributed by atoms with Crippen molar-refractivity contribution >= 4 is 11.6 Å². The Morgan fingerprint density at radius 1 is 1.05 bits per heavy atom. The van der Waals surface area contributed by atoms with Crippen LogP contribution in [0.1, 0.15) is 55.0 Å². The molecule has 6 rings (SSSR count). The van der Waals surface area contributed by atoms with Crippen molar-refractivity contribution in [3.8, 4) is 5.88 Å². The summed E-state index contributed by atoms with van der Waals surface area (Å²) in [6.45, 7) is 2.51. The maximum Gasteiger partial charge on any atom is 0.416 e. The van der Waals surface area contributed by atoms with Gasteiger partial charge in [-0.25, -0.2) is 4.68 Å².